The molecule has 0 aliphatic heterocycles. The zero-order chi connectivity index (χ0) is 21.8. The van der Waals surface area contributed by atoms with Crippen molar-refractivity contribution in [2.24, 2.45) is 0 Å². The van der Waals surface area contributed by atoms with Crippen LogP contribution in [0, 0.1) is 6.92 Å². The topological polar surface area (TPSA) is 69.9 Å². The molecule has 4 aromatic rings. The summed E-state index contributed by atoms with van der Waals surface area (Å²) in [6, 6.07) is 19.0. The predicted octanol–water partition coefficient (Wildman–Crippen LogP) is 5.01. The molecule has 156 valence electrons. The van der Waals surface area contributed by atoms with E-state index in [2.05, 4.69) is 15.2 Å². The van der Waals surface area contributed by atoms with Gasteiger partial charge in [-0.3, -0.25) is 14.3 Å². The van der Waals surface area contributed by atoms with Gasteiger partial charge in [0.1, 0.15) is 5.75 Å². The van der Waals surface area contributed by atoms with Gasteiger partial charge in [-0.1, -0.05) is 30.0 Å². The monoisotopic (exact) mass is 430 g/mol. The number of thioether (sulfide) groups is 1. The summed E-state index contributed by atoms with van der Waals surface area (Å²) in [7, 11) is 1.60. The fraction of sp³-hybridized carbons (Fsp3) is 0.167. The first-order valence-corrected chi connectivity index (χ1v) is 10.7. The molecule has 7 heteroatoms. The predicted molar refractivity (Wildman–Crippen MR) is 122 cm³/mol. The number of para-hydroxylation sites is 1. The zero-order valence-corrected chi connectivity index (χ0v) is 18.3. The van der Waals surface area contributed by atoms with E-state index in [0.717, 1.165) is 22.6 Å². The second-order valence-corrected chi connectivity index (χ2v) is 8.33. The van der Waals surface area contributed by atoms with Crippen molar-refractivity contribution >= 4 is 17.5 Å². The average molecular weight is 431 g/mol. The standard InChI is InChI=1S/C24H22N4O2S/c1-16-7-4-5-9-21(16)28-23(19-8-6-14-25-15-19)26-27-24(28)31-17(2)22(29)18-10-12-20(30-3)13-11-18/h4-15,17H,1-3H3. The van der Waals surface area contributed by atoms with Crippen molar-refractivity contribution in [1.82, 2.24) is 19.7 Å². The van der Waals surface area contributed by atoms with Crippen LogP contribution >= 0.6 is 11.8 Å². The molecule has 6 nitrogen and oxygen atoms in total. The van der Waals surface area contributed by atoms with Crippen molar-refractivity contribution in [3.05, 3.63) is 84.2 Å². The quantitative estimate of drug-likeness (QED) is 0.303. The Hall–Kier alpha value is -3.45. The van der Waals surface area contributed by atoms with E-state index in [1.54, 1.807) is 43.8 Å². The average Bonchev–Trinajstić information content (AvgIpc) is 3.22. The number of aryl methyl sites for hydroxylation is 1. The van der Waals surface area contributed by atoms with Gasteiger partial charge in [-0.15, -0.1) is 10.2 Å². The van der Waals surface area contributed by atoms with Crippen LogP contribution in [0.1, 0.15) is 22.8 Å². The second-order valence-electron chi connectivity index (χ2n) is 7.02. The van der Waals surface area contributed by atoms with Gasteiger partial charge in [0.15, 0.2) is 16.8 Å². The van der Waals surface area contributed by atoms with E-state index in [1.165, 1.54) is 11.8 Å². The highest BCUT2D eigenvalue weighted by atomic mass is 32.2. The van der Waals surface area contributed by atoms with Crippen LogP contribution in [-0.2, 0) is 0 Å². The Morgan fingerprint density at radius 1 is 1.03 bits per heavy atom. The highest BCUT2D eigenvalue weighted by Crippen LogP contribution is 2.32. The van der Waals surface area contributed by atoms with E-state index in [9.17, 15) is 4.79 Å². The fourth-order valence-electron chi connectivity index (χ4n) is 3.26. The summed E-state index contributed by atoms with van der Waals surface area (Å²) in [5.74, 6) is 1.43. The number of benzene rings is 2. The van der Waals surface area contributed by atoms with Crippen LogP contribution in [0.3, 0.4) is 0 Å². The molecule has 0 spiro atoms. The zero-order valence-electron chi connectivity index (χ0n) is 17.5. The minimum Gasteiger partial charge on any atom is -0.497 e. The number of aromatic nitrogens is 4. The lowest BCUT2D eigenvalue weighted by molar-refractivity contribution is 0.0994. The molecule has 0 saturated carbocycles. The van der Waals surface area contributed by atoms with Crippen LogP contribution < -0.4 is 4.74 Å². The summed E-state index contributed by atoms with van der Waals surface area (Å²) in [4.78, 5) is 17.2. The minimum atomic E-state index is -0.345. The summed E-state index contributed by atoms with van der Waals surface area (Å²) in [5.41, 5.74) is 3.55. The first kappa shape index (κ1) is 20.8. The van der Waals surface area contributed by atoms with Crippen LogP contribution in [0.5, 0.6) is 5.75 Å². The van der Waals surface area contributed by atoms with Crippen molar-refractivity contribution in [3.63, 3.8) is 0 Å². The maximum Gasteiger partial charge on any atom is 0.196 e. The highest BCUT2D eigenvalue weighted by Gasteiger charge is 2.23. The molecule has 0 aliphatic carbocycles. The Morgan fingerprint density at radius 2 is 1.81 bits per heavy atom. The largest absolute Gasteiger partial charge is 0.497 e. The Bertz CT molecular complexity index is 1190. The second kappa shape index (κ2) is 9.14. The van der Waals surface area contributed by atoms with E-state index in [-0.39, 0.29) is 11.0 Å². The number of Topliss-reactive ketones (excluding diaryl/α,β-unsaturated/α-hetero) is 1. The molecule has 0 fully saturated rings. The van der Waals surface area contributed by atoms with Gasteiger partial charge < -0.3 is 4.74 Å². The molecule has 0 aliphatic rings. The van der Waals surface area contributed by atoms with Gasteiger partial charge in [0, 0.05) is 23.5 Å². The lowest BCUT2D eigenvalue weighted by Gasteiger charge is -2.15. The van der Waals surface area contributed by atoms with Crippen molar-refractivity contribution < 1.29 is 9.53 Å². The number of carbonyl (C=O) groups is 1. The highest BCUT2D eigenvalue weighted by molar-refractivity contribution is 8.00. The molecule has 0 bridgehead atoms. The number of carbonyl (C=O) groups excluding carboxylic acids is 1. The van der Waals surface area contributed by atoms with Crippen LogP contribution in [0.2, 0.25) is 0 Å². The molecule has 1 unspecified atom stereocenters. The third-order valence-corrected chi connectivity index (χ3v) is 5.98. The summed E-state index contributed by atoms with van der Waals surface area (Å²) in [6.07, 6.45) is 3.49. The smallest absolute Gasteiger partial charge is 0.196 e. The van der Waals surface area contributed by atoms with E-state index < -0.39 is 0 Å². The summed E-state index contributed by atoms with van der Waals surface area (Å²) < 4.78 is 7.18. The van der Waals surface area contributed by atoms with Gasteiger partial charge in [0.05, 0.1) is 18.0 Å². The number of hydrogen-bond donors (Lipinski definition) is 0. The van der Waals surface area contributed by atoms with E-state index in [0.29, 0.717) is 16.5 Å². The van der Waals surface area contributed by atoms with Crippen LogP contribution in [0.4, 0.5) is 0 Å². The molecule has 1 atom stereocenters. The normalized spacial score (nSPS) is 11.8. The van der Waals surface area contributed by atoms with Crippen LogP contribution in [0.15, 0.2) is 78.2 Å². The lowest BCUT2D eigenvalue weighted by atomic mass is 10.1. The number of ether oxygens (including phenoxy) is 1. The minimum absolute atomic E-state index is 0.0231. The molecule has 2 heterocycles. The number of pyridine rings is 1. The van der Waals surface area contributed by atoms with Crippen LogP contribution in [0.25, 0.3) is 17.1 Å². The molecular formula is C24H22N4O2S. The molecule has 2 aromatic heterocycles. The van der Waals surface area contributed by atoms with Crippen molar-refractivity contribution in [3.8, 4) is 22.8 Å². The lowest BCUT2D eigenvalue weighted by Crippen LogP contribution is -2.14. The molecule has 31 heavy (non-hydrogen) atoms. The van der Waals surface area contributed by atoms with Crippen LogP contribution in [-0.4, -0.2) is 37.9 Å². The van der Waals surface area contributed by atoms with Crippen molar-refractivity contribution in [2.75, 3.05) is 7.11 Å². The molecule has 4 rings (SSSR count). The SMILES string of the molecule is COc1ccc(C(=O)C(C)Sc2nnc(-c3cccnc3)n2-c2ccccc2C)cc1. The molecule has 0 radical (unpaired) electrons. The maximum absolute atomic E-state index is 13.0. The van der Waals surface area contributed by atoms with E-state index in [1.807, 2.05) is 54.8 Å². The summed E-state index contributed by atoms with van der Waals surface area (Å²) in [5, 5.41) is 9.18. The Balaban J connectivity index is 1.70. The van der Waals surface area contributed by atoms with E-state index in [4.69, 9.17) is 4.74 Å². The number of hydrogen-bond acceptors (Lipinski definition) is 6. The number of nitrogens with zero attached hydrogens (tertiary/aromatic N) is 4. The van der Waals surface area contributed by atoms with Crippen molar-refractivity contribution in [2.45, 2.75) is 24.3 Å². The Morgan fingerprint density at radius 3 is 2.48 bits per heavy atom. The number of rotatable bonds is 7. The molecule has 2 aromatic carbocycles. The van der Waals surface area contributed by atoms with Gasteiger partial charge in [-0.05, 0) is 61.9 Å². The number of methoxy groups -OCH3 is 1. The molecular weight excluding hydrogens is 408 g/mol. The first-order valence-electron chi connectivity index (χ1n) is 9.85. The third-order valence-electron chi connectivity index (χ3n) is 4.94. The van der Waals surface area contributed by atoms with Gasteiger partial charge in [-0.25, -0.2) is 0 Å². The summed E-state index contributed by atoms with van der Waals surface area (Å²) >= 11 is 1.39. The van der Waals surface area contributed by atoms with Crippen molar-refractivity contribution in [1.29, 1.82) is 0 Å². The van der Waals surface area contributed by atoms with Gasteiger partial charge in [0.2, 0.25) is 0 Å². The first-order chi connectivity index (χ1) is 15.1. The molecule has 0 saturated heterocycles. The Labute approximate surface area is 185 Å². The fourth-order valence-corrected chi connectivity index (χ4v) is 4.20. The van der Waals surface area contributed by atoms with E-state index >= 15 is 0 Å². The van der Waals surface area contributed by atoms with Gasteiger partial charge in [-0.2, -0.15) is 0 Å². The molecule has 0 amide bonds. The van der Waals surface area contributed by atoms with Gasteiger partial charge >= 0.3 is 0 Å². The van der Waals surface area contributed by atoms with Gasteiger partial charge in [0.25, 0.3) is 0 Å². The molecule has 0 N–H and O–H groups in total. The Kier molecular flexibility index (Phi) is 6.13. The third kappa shape index (κ3) is 4.36. The number of ketones is 1. The summed E-state index contributed by atoms with van der Waals surface area (Å²) in [6.45, 7) is 3.93. The maximum atomic E-state index is 13.0.